The van der Waals surface area contributed by atoms with Crippen LogP contribution in [0.25, 0.3) is 0 Å². The molecule has 2 heterocycles. The van der Waals surface area contributed by atoms with Crippen LogP contribution in [0.4, 0.5) is 5.13 Å². The highest BCUT2D eigenvalue weighted by Crippen LogP contribution is 2.26. The van der Waals surface area contributed by atoms with E-state index in [0.717, 1.165) is 5.69 Å². The maximum atomic E-state index is 12.0. The first-order valence-corrected chi connectivity index (χ1v) is 7.15. The molecule has 0 atom stereocenters. The lowest BCUT2D eigenvalue weighted by molar-refractivity contribution is 0.102. The van der Waals surface area contributed by atoms with E-state index < -0.39 is 0 Å². The van der Waals surface area contributed by atoms with E-state index in [4.69, 9.17) is 5.73 Å². The average Bonchev–Trinajstić information content (AvgIpc) is 2.97. The van der Waals surface area contributed by atoms with Crippen LogP contribution in [0.15, 0.2) is 11.6 Å². The van der Waals surface area contributed by atoms with Crippen LogP contribution < -0.4 is 11.1 Å². The van der Waals surface area contributed by atoms with Crippen LogP contribution in [0, 0.1) is 0 Å². The van der Waals surface area contributed by atoms with Gasteiger partial charge in [0, 0.05) is 17.3 Å². The van der Waals surface area contributed by atoms with Crippen LogP contribution in [-0.2, 0) is 12.0 Å². The van der Waals surface area contributed by atoms with Crippen LogP contribution in [0.2, 0.25) is 0 Å². The summed E-state index contributed by atoms with van der Waals surface area (Å²) >= 11 is 1.40. The highest BCUT2D eigenvalue weighted by molar-refractivity contribution is 7.14. The molecule has 2 aromatic rings. The number of aromatic nitrogens is 4. The third-order valence-electron chi connectivity index (χ3n) is 2.62. The molecule has 1 amide bonds. The van der Waals surface area contributed by atoms with E-state index in [1.54, 1.807) is 6.20 Å². The van der Waals surface area contributed by atoms with Gasteiger partial charge < -0.3 is 5.73 Å². The monoisotopic (exact) mass is 294 g/mol. The maximum absolute atomic E-state index is 12.0. The summed E-state index contributed by atoms with van der Waals surface area (Å²) in [6, 6.07) is 0. The van der Waals surface area contributed by atoms with Gasteiger partial charge in [-0.2, -0.15) is 0 Å². The van der Waals surface area contributed by atoms with Crippen LogP contribution in [0.5, 0.6) is 0 Å². The Bertz CT molecular complexity index is 597. The normalized spacial score (nSPS) is 11.6. The number of rotatable bonds is 4. The zero-order valence-corrected chi connectivity index (χ0v) is 12.6. The molecule has 20 heavy (non-hydrogen) atoms. The fourth-order valence-corrected chi connectivity index (χ4v) is 2.41. The molecular formula is C12H18N6OS. The first-order valence-electron chi connectivity index (χ1n) is 6.27. The van der Waals surface area contributed by atoms with Crippen LogP contribution in [0.1, 0.15) is 37.0 Å². The Hall–Kier alpha value is -1.80. The molecule has 0 aliphatic carbocycles. The Kier molecular flexibility index (Phi) is 4.15. The summed E-state index contributed by atoms with van der Waals surface area (Å²) in [5, 5.41) is 12.9. The van der Waals surface area contributed by atoms with E-state index in [2.05, 4.69) is 41.4 Å². The van der Waals surface area contributed by atoms with Crippen molar-refractivity contribution in [1.82, 2.24) is 20.0 Å². The lowest BCUT2D eigenvalue weighted by Gasteiger charge is -2.14. The van der Waals surface area contributed by atoms with Crippen molar-refractivity contribution in [3.05, 3.63) is 23.0 Å². The molecule has 0 aromatic carbocycles. The number of thiazole rings is 1. The lowest BCUT2D eigenvalue weighted by atomic mass is 9.93. The number of carbonyl (C=O) groups is 1. The van der Waals surface area contributed by atoms with Gasteiger partial charge in [0.15, 0.2) is 10.8 Å². The maximum Gasteiger partial charge on any atom is 0.279 e. The highest BCUT2D eigenvalue weighted by Gasteiger charge is 2.19. The first kappa shape index (κ1) is 14.6. The minimum Gasteiger partial charge on any atom is -0.329 e. The number of hydrogen-bond donors (Lipinski definition) is 2. The SMILES string of the molecule is CC(C)(C)c1csc(NC(=O)c2cn(CCN)nn2)n1. The molecule has 3 N–H and O–H groups in total. The Morgan fingerprint density at radius 2 is 2.25 bits per heavy atom. The number of amides is 1. The van der Waals surface area contributed by atoms with Crippen molar-refractivity contribution >= 4 is 22.4 Å². The van der Waals surface area contributed by atoms with Crippen LogP contribution >= 0.6 is 11.3 Å². The second kappa shape index (κ2) is 5.68. The molecule has 0 bridgehead atoms. The average molecular weight is 294 g/mol. The number of carbonyl (C=O) groups excluding carboxylic acids is 1. The fourth-order valence-electron chi connectivity index (χ4n) is 1.48. The summed E-state index contributed by atoms with van der Waals surface area (Å²) in [5.74, 6) is -0.317. The van der Waals surface area contributed by atoms with E-state index in [1.165, 1.54) is 16.0 Å². The molecular weight excluding hydrogens is 276 g/mol. The highest BCUT2D eigenvalue weighted by atomic mass is 32.1. The van der Waals surface area contributed by atoms with Gasteiger partial charge in [0.25, 0.3) is 5.91 Å². The number of nitrogens with two attached hydrogens (primary N) is 1. The molecule has 0 saturated carbocycles. The summed E-state index contributed by atoms with van der Waals surface area (Å²) < 4.78 is 1.54. The van der Waals surface area contributed by atoms with Crippen LogP contribution in [-0.4, -0.2) is 32.4 Å². The zero-order chi connectivity index (χ0) is 14.8. The quantitative estimate of drug-likeness (QED) is 0.884. The molecule has 2 aromatic heterocycles. The molecule has 7 nitrogen and oxygen atoms in total. The van der Waals surface area contributed by atoms with Crippen LogP contribution in [0.3, 0.4) is 0 Å². The van der Waals surface area contributed by atoms with Gasteiger partial charge in [0.05, 0.1) is 18.4 Å². The molecule has 0 aliphatic rings. The van der Waals surface area contributed by atoms with Crippen molar-refractivity contribution in [3.8, 4) is 0 Å². The van der Waals surface area contributed by atoms with Gasteiger partial charge in [0.2, 0.25) is 0 Å². The van der Waals surface area contributed by atoms with Gasteiger partial charge >= 0.3 is 0 Å². The molecule has 0 unspecified atom stereocenters. The van der Waals surface area contributed by atoms with E-state index in [1.807, 2.05) is 5.38 Å². The Morgan fingerprint density at radius 1 is 1.50 bits per heavy atom. The van der Waals surface area contributed by atoms with Crippen molar-refractivity contribution in [2.24, 2.45) is 5.73 Å². The summed E-state index contributed by atoms with van der Waals surface area (Å²) in [7, 11) is 0. The van der Waals surface area contributed by atoms with E-state index in [9.17, 15) is 4.79 Å². The van der Waals surface area contributed by atoms with Gasteiger partial charge in [0.1, 0.15) is 0 Å². The number of nitrogens with zero attached hydrogens (tertiary/aromatic N) is 4. The Balaban J connectivity index is 2.05. The number of anilines is 1. The fraction of sp³-hybridized carbons (Fsp3) is 0.500. The van der Waals surface area contributed by atoms with Gasteiger partial charge in [-0.25, -0.2) is 4.98 Å². The summed E-state index contributed by atoms with van der Waals surface area (Å²) in [4.78, 5) is 16.4. The summed E-state index contributed by atoms with van der Waals surface area (Å²) in [6.07, 6.45) is 1.57. The predicted molar refractivity (Wildman–Crippen MR) is 77.8 cm³/mol. The van der Waals surface area contributed by atoms with E-state index in [-0.39, 0.29) is 17.0 Å². The predicted octanol–water partition coefficient (Wildman–Crippen LogP) is 1.24. The van der Waals surface area contributed by atoms with Crippen molar-refractivity contribution < 1.29 is 4.79 Å². The second-order valence-electron chi connectivity index (χ2n) is 5.40. The van der Waals surface area contributed by atoms with Crippen molar-refractivity contribution in [2.75, 3.05) is 11.9 Å². The number of hydrogen-bond acceptors (Lipinski definition) is 6. The smallest absolute Gasteiger partial charge is 0.279 e. The minimum absolute atomic E-state index is 0.0380. The molecule has 0 fully saturated rings. The molecule has 0 aliphatic heterocycles. The van der Waals surface area contributed by atoms with Crippen molar-refractivity contribution in [2.45, 2.75) is 32.7 Å². The minimum atomic E-state index is -0.317. The van der Waals surface area contributed by atoms with Gasteiger partial charge in [-0.05, 0) is 0 Å². The molecule has 108 valence electrons. The lowest BCUT2D eigenvalue weighted by Crippen LogP contribution is -2.14. The third kappa shape index (κ3) is 3.40. The standard InChI is InChI=1S/C12H18N6OS/c1-12(2,3)9-7-20-11(14-9)15-10(19)8-6-18(5-4-13)17-16-8/h6-7H,4-5,13H2,1-3H3,(H,14,15,19). The second-order valence-corrected chi connectivity index (χ2v) is 6.26. The topological polar surface area (TPSA) is 98.7 Å². The van der Waals surface area contributed by atoms with E-state index >= 15 is 0 Å². The zero-order valence-electron chi connectivity index (χ0n) is 11.8. The Morgan fingerprint density at radius 3 is 2.85 bits per heavy atom. The van der Waals surface area contributed by atoms with Gasteiger partial charge in [-0.1, -0.05) is 26.0 Å². The van der Waals surface area contributed by atoms with Crippen molar-refractivity contribution in [1.29, 1.82) is 0 Å². The third-order valence-corrected chi connectivity index (χ3v) is 3.38. The molecule has 0 saturated heterocycles. The number of nitrogens with one attached hydrogen (secondary N) is 1. The van der Waals surface area contributed by atoms with Gasteiger partial charge in [-0.3, -0.25) is 14.8 Å². The molecule has 0 spiro atoms. The Labute approximate surface area is 121 Å². The first-order chi connectivity index (χ1) is 9.40. The van der Waals surface area contributed by atoms with Gasteiger partial charge in [-0.15, -0.1) is 16.4 Å². The van der Waals surface area contributed by atoms with Crippen molar-refractivity contribution in [3.63, 3.8) is 0 Å². The largest absolute Gasteiger partial charge is 0.329 e. The molecule has 2 rings (SSSR count). The molecule has 0 radical (unpaired) electrons. The summed E-state index contributed by atoms with van der Waals surface area (Å²) in [5.41, 5.74) is 6.58. The summed E-state index contributed by atoms with van der Waals surface area (Å²) in [6.45, 7) is 7.21. The molecule has 8 heteroatoms. The van der Waals surface area contributed by atoms with E-state index in [0.29, 0.717) is 18.2 Å².